The highest BCUT2D eigenvalue weighted by Crippen LogP contribution is 2.21. The van der Waals surface area contributed by atoms with Gasteiger partial charge in [0.1, 0.15) is 5.75 Å². The molecule has 1 aromatic carbocycles. The van der Waals surface area contributed by atoms with Gasteiger partial charge < -0.3 is 9.72 Å². The van der Waals surface area contributed by atoms with Crippen molar-refractivity contribution in [2.45, 2.75) is 27.4 Å². The fraction of sp³-hybridized carbons (Fsp3) is 0.267. The number of rotatable bonds is 4. The number of carbonyl (C=O) groups is 1. The molecule has 0 saturated heterocycles. The van der Waals surface area contributed by atoms with Crippen LogP contribution in [0, 0.1) is 20.8 Å². The van der Waals surface area contributed by atoms with Crippen LogP contribution in [0.3, 0.4) is 0 Å². The topological polar surface area (TPSA) is 42.1 Å². The summed E-state index contributed by atoms with van der Waals surface area (Å²) in [6.45, 7) is 2.85. The number of hydrogen-bond donors (Lipinski definition) is 1. The minimum Gasteiger partial charge on any atom is -0.435 e. The fourth-order valence-electron chi connectivity index (χ4n) is 2.00. The van der Waals surface area contributed by atoms with Crippen LogP contribution in [0.4, 0.5) is 8.78 Å². The molecular formula is C15H15F2NO2. The molecule has 3 nitrogen and oxygen atoms in total. The van der Waals surface area contributed by atoms with Crippen LogP contribution in [0.5, 0.6) is 5.75 Å². The molecule has 0 atom stereocenters. The summed E-state index contributed by atoms with van der Waals surface area (Å²) in [5.41, 5.74) is 3.86. The molecule has 0 aliphatic carbocycles. The Morgan fingerprint density at radius 3 is 2.15 bits per heavy atom. The molecule has 106 valence electrons. The molecule has 2 aromatic rings. The Hall–Kier alpha value is -2.17. The van der Waals surface area contributed by atoms with Crippen LogP contribution < -0.4 is 4.74 Å². The number of nitrogens with one attached hydrogen (secondary N) is 1. The van der Waals surface area contributed by atoms with Crippen molar-refractivity contribution in [3.05, 3.63) is 52.3 Å². The Morgan fingerprint density at radius 1 is 1.10 bits per heavy atom. The summed E-state index contributed by atoms with van der Waals surface area (Å²) in [4.78, 5) is 15.4. The molecule has 0 spiro atoms. The number of benzene rings is 1. The average Bonchev–Trinajstić information content (AvgIpc) is 2.66. The highest BCUT2D eigenvalue weighted by atomic mass is 19.3. The van der Waals surface area contributed by atoms with Crippen LogP contribution in [-0.4, -0.2) is 17.4 Å². The monoisotopic (exact) mass is 279 g/mol. The number of carbonyl (C=O) groups excluding carboxylic acids is 1. The summed E-state index contributed by atoms with van der Waals surface area (Å²) < 4.78 is 28.4. The van der Waals surface area contributed by atoms with E-state index in [0.29, 0.717) is 11.3 Å². The molecule has 2 rings (SSSR count). The summed E-state index contributed by atoms with van der Waals surface area (Å²) >= 11 is 0. The first-order chi connectivity index (χ1) is 9.40. The number of halogens is 2. The molecule has 1 N–H and O–H groups in total. The normalized spacial score (nSPS) is 10.9. The van der Waals surface area contributed by atoms with Crippen molar-refractivity contribution in [2.75, 3.05) is 0 Å². The van der Waals surface area contributed by atoms with Gasteiger partial charge in [0.05, 0.1) is 5.69 Å². The molecule has 5 heteroatoms. The third-order valence-electron chi connectivity index (χ3n) is 3.38. The number of alkyl halides is 2. The SMILES string of the molecule is Cc1[nH]c(C(=O)c2ccc(OC(F)F)cc2)c(C)c1C. The third kappa shape index (κ3) is 2.71. The molecular weight excluding hydrogens is 264 g/mol. The Morgan fingerprint density at radius 2 is 1.70 bits per heavy atom. The van der Waals surface area contributed by atoms with Crippen molar-refractivity contribution in [1.29, 1.82) is 0 Å². The van der Waals surface area contributed by atoms with E-state index in [-0.39, 0.29) is 11.5 Å². The zero-order valence-electron chi connectivity index (χ0n) is 11.5. The van der Waals surface area contributed by atoms with E-state index in [1.807, 2.05) is 20.8 Å². The van der Waals surface area contributed by atoms with Crippen LogP contribution in [0.1, 0.15) is 32.9 Å². The lowest BCUT2D eigenvalue weighted by Gasteiger charge is -2.05. The smallest absolute Gasteiger partial charge is 0.387 e. The van der Waals surface area contributed by atoms with Gasteiger partial charge in [-0.25, -0.2) is 0 Å². The van der Waals surface area contributed by atoms with Crippen molar-refractivity contribution in [3.63, 3.8) is 0 Å². The van der Waals surface area contributed by atoms with Gasteiger partial charge in [0.15, 0.2) is 0 Å². The van der Waals surface area contributed by atoms with Crippen molar-refractivity contribution in [3.8, 4) is 5.75 Å². The maximum atomic E-state index is 12.3. The van der Waals surface area contributed by atoms with Crippen LogP contribution >= 0.6 is 0 Å². The lowest BCUT2D eigenvalue weighted by molar-refractivity contribution is -0.0498. The van der Waals surface area contributed by atoms with E-state index in [9.17, 15) is 13.6 Å². The minimum absolute atomic E-state index is 0.0344. The van der Waals surface area contributed by atoms with E-state index >= 15 is 0 Å². The summed E-state index contributed by atoms with van der Waals surface area (Å²) in [6, 6.07) is 5.67. The van der Waals surface area contributed by atoms with Crippen LogP contribution in [0.15, 0.2) is 24.3 Å². The Bertz CT molecular complexity index is 630. The molecule has 1 heterocycles. The van der Waals surface area contributed by atoms with Gasteiger partial charge in [-0.2, -0.15) is 8.78 Å². The minimum atomic E-state index is -2.87. The van der Waals surface area contributed by atoms with Crippen molar-refractivity contribution in [2.24, 2.45) is 0 Å². The van der Waals surface area contributed by atoms with Crippen molar-refractivity contribution >= 4 is 5.78 Å². The van der Waals surface area contributed by atoms with Crippen LogP contribution in [0.2, 0.25) is 0 Å². The maximum absolute atomic E-state index is 12.3. The molecule has 0 saturated carbocycles. The number of ketones is 1. The predicted molar refractivity (Wildman–Crippen MR) is 71.5 cm³/mol. The Kier molecular flexibility index (Phi) is 3.88. The van der Waals surface area contributed by atoms with Crippen molar-refractivity contribution < 1.29 is 18.3 Å². The lowest BCUT2D eigenvalue weighted by atomic mass is 10.0. The van der Waals surface area contributed by atoms with Gasteiger partial charge in [-0.1, -0.05) is 0 Å². The Labute approximate surface area is 115 Å². The lowest BCUT2D eigenvalue weighted by Crippen LogP contribution is -2.05. The average molecular weight is 279 g/mol. The van der Waals surface area contributed by atoms with Crippen LogP contribution in [-0.2, 0) is 0 Å². The summed E-state index contributed by atoms with van der Waals surface area (Å²) in [5.74, 6) is -0.130. The quantitative estimate of drug-likeness (QED) is 0.865. The molecule has 0 radical (unpaired) electrons. The number of aromatic nitrogens is 1. The van der Waals surface area contributed by atoms with Gasteiger partial charge in [-0.3, -0.25) is 4.79 Å². The standard InChI is InChI=1S/C15H15F2NO2/c1-8-9(2)13(18-10(8)3)14(19)11-4-6-12(7-5-11)20-15(16)17/h4-7,15,18H,1-3H3. The summed E-state index contributed by atoms with van der Waals surface area (Å²) in [5, 5.41) is 0. The molecule has 0 amide bonds. The molecule has 0 aliphatic rings. The number of H-pyrrole nitrogens is 1. The molecule has 0 fully saturated rings. The van der Waals surface area contributed by atoms with E-state index in [4.69, 9.17) is 0 Å². The zero-order chi connectivity index (χ0) is 14.9. The van der Waals surface area contributed by atoms with E-state index in [2.05, 4.69) is 9.72 Å². The second-order valence-electron chi connectivity index (χ2n) is 4.61. The molecule has 1 aromatic heterocycles. The van der Waals surface area contributed by atoms with Crippen LogP contribution in [0.25, 0.3) is 0 Å². The Balaban J connectivity index is 2.27. The van der Waals surface area contributed by atoms with E-state index in [1.54, 1.807) is 0 Å². The van der Waals surface area contributed by atoms with E-state index in [1.165, 1.54) is 24.3 Å². The first kappa shape index (κ1) is 14.2. The molecule has 0 unspecified atom stereocenters. The predicted octanol–water partition coefficient (Wildman–Crippen LogP) is 3.77. The van der Waals surface area contributed by atoms with Gasteiger partial charge in [-0.05, 0) is 56.2 Å². The van der Waals surface area contributed by atoms with Gasteiger partial charge in [0, 0.05) is 11.3 Å². The fourth-order valence-corrected chi connectivity index (χ4v) is 2.00. The van der Waals surface area contributed by atoms with Gasteiger partial charge in [0.25, 0.3) is 0 Å². The highest BCUT2D eigenvalue weighted by Gasteiger charge is 2.17. The maximum Gasteiger partial charge on any atom is 0.387 e. The van der Waals surface area contributed by atoms with E-state index in [0.717, 1.165) is 16.8 Å². The first-order valence-corrected chi connectivity index (χ1v) is 6.15. The van der Waals surface area contributed by atoms with E-state index < -0.39 is 6.61 Å². The molecule has 0 bridgehead atoms. The number of aromatic amines is 1. The number of hydrogen-bond acceptors (Lipinski definition) is 2. The van der Waals surface area contributed by atoms with Gasteiger partial charge in [0.2, 0.25) is 5.78 Å². The summed E-state index contributed by atoms with van der Waals surface area (Å²) in [6.07, 6.45) is 0. The first-order valence-electron chi connectivity index (χ1n) is 6.15. The van der Waals surface area contributed by atoms with Crippen molar-refractivity contribution in [1.82, 2.24) is 4.98 Å². The largest absolute Gasteiger partial charge is 0.435 e. The molecule has 0 aliphatic heterocycles. The second-order valence-corrected chi connectivity index (χ2v) is 4.61. The van der Waals surface area contributed by atoms with Gasteiger partial charge >= 0.3 is 6.61 Å². The zero-order valence-corrected chi connectivity index (χ0v) is 11.5. The third-order valence-corrected chi connectivity index (χ3v) is 3.38. The highest BCUT2D eigenvalue weighted by molar-refractivity contribution is 6.09. The second kappa shape index (κ2) is 5.45. The van der Waals surface area contributed by atoms with Gasteiger partial charge in [-0.15, -0.1) is 0 Å². The number of aryl methyl sites for hydroxylation is 1. The molecule has 20 heavy (non-hydrogen) atoms. The summed E-state index contributed by atoms with van der Waals surface area (Å²) in [7, 11) is 0. The number of ether oxygens (including phenoxy) is 1.